The van der Waals surface area contributed by atoms with Crippen LogP contribution in [0.25, 0.3) is 0 Å². The zero-order valence-electron chi connectivity index (χ0n) is 16.8. The van der Waals surface area contributed by atoms with Gasteiger partial charge in [0.25, 0.3) is 5.91 Å². The molecule has 0 saturated heterocycles. The van der Waals surface area contributed by atoms with Crippen molar-refractivity contribution in [1.82, 2.24) is 15.2 Å². The second-order valence-corrected chi connectivity index (χ2v) is 7.08. The first kappa shape index (κ1) is 20.7. The molecule has 1 aromatic heterocycles. The number of rotatable bonds is 9. The van der Waals surface area contributed by atoms with Crippen molar-refractivity contribution in [1.29, 1.82) is 0 Å². The molecule has 1 N–H and O–H groups in total. The predicted molar refractivity (Wildman–Crippen MR) is 110 cm³/mol. The number of aromatic nitrogens is 1. The standard InChI is InChI=1S/C23H26FN3O2/c1-3-17(2)27(14-19-9-11-20(24)12-10-19)15-22-26-21(16-29-22)23(28)25-13-18-7-5-4-6-8-18/h4-12,16-17H,3,13-15H2,1-2H3,(H,25,28). The molecule has 1 unspecified atom stereocenters. The number of amides is 1. The van der Waals surface area contributed by atoms with E-state index in [9.17, 15) is 9.18 Å². The minimum atomic E-state index is -0.266. The van der Waals surface area contributed by atoms with Gasteiger partial charge in [-0.25, -0.2) is 9.37 Å². The van der Waals surface area contributed by atoms with Crippen molar-refractivity contribution in [2.24, 2.45) is 0 Å². The lowest BCUT2D eigenvalue weighted by atomic mass is 10.1. The number of benzene rings is 2. The van der Waals surface area contributed by atoms with Crippen LogP contribution in [0.3, 0.4) is 0 Å². The highest BCUT2D eigenvalue weighted by molar-refractivity contribution is 5.91. The first-order chi connectivity index (χ1) is 14.0. The molecule has 0 radical (unpaired) electrons. The highest BCUT2D eigenvalue weighted by Gasteiger charge is 2.18. The Morgan fingerprint density at radius 2 is 1.83 bits per heavy atom. The summed E-state index contributed by atoms with van der Waals surface area (Å²) in [6.45, 7) is 5.79. The van der Waals surface area contributed by atoms with E-state index in [1.165, 1.54) is 18.4 Å². The van der Waals surface area contributed by atoms with Gasteiger partial charge in [0, 0.05) is 19.1 Å². The van der Waals surface area contributed by atoms with Crippen LogP contribution in [0.1, 0.15) is 47.8 Å². The molecule has 3 aromatic rings. The van der Waals surface area contributed by atoms with Crippen molar-refractivity contribution in [2.75, 3.05) is 0 Å². The van der Waals surface area contributed by atoms with Crippen LogP contribution in [-0.4, -0.2) is 21.8 Å². The Bertz CT molecular complexity index is 909. The molecule has 152 valence electrons. The Hall–Kier alpha value is -2.99. The fourth-order valence-corrected chi connectivity index (χ4v) is 2.98. The third-order valence-electron chi connectivity index (χ3n) is 4.93. The average Bonchev–Trinajstić information content (AvgIpc) is 3.22. The van der Waals surface area contributed by atoms with Gasteiger partial charge in [0.15, 0.2) is 5.69 Å². The molecule has 1 amide bonds. The molecule has 0 aliphatic heterocycles. The summed E-state index contributed by atoms with van der Waals surface area (Å²) in [4.78, 5) is 18.9. The van der Waals surface area contributed by atoms with Crippen LogP contribution >= 0.6 is 0 Å². The topological polar surface area (TPSA) is 58.4 Å². The first-order valence-corrected chi connectivity index (χ1v) is 9.80. The molecule has 0 fully saturated rings. The van der Waals surface area contributed by atoms with Crippen LogP contribution in [-0.2, 0) is 19.6 Å². The van der Waals surface area contributed by atoms with Gasteiger partial charge in [-0.05, 0) is 36.6 Å². The zero-order valence-corrected chi connectivity index (χ0v) is 16.8. The van der Waals surface area contributed by atoms with Crippen molar-refractivity contribution in [3.05, 3.63) is 89.4 Å². The molecular weight excluding hydrogens is 369 g/mol. The molecule has 1 atom stereocenters. The van der Waals surface area contributed by atoms with Crippen LogP contribution in [0.5, 0.6) is 0 Å². The van der Waals surface area contributed by atoms with Gasteiger partial charge >= 0.3 is 0 Å². The van der Waals surface area contributed by atoms with E-state index < -0.39 is 0 Å². The van der Waals surface area contributed by atoms with E-state index in [1.54, 1.807) is 12.1 Å². The summed E-state index contributed by atoms with van der Waals surface area (Å²) < 4.78 is 18.7. The number of hydrogen-bond donors (Lipinski definition) is 1. The second kappa shape index (κ2) is 9.98. The van der Waals surface area contributed by atoms with Crippen LogP contribution in [0.2, 0.25) is 0 Å². The minimum absolute atomic E-state index is 0.248. The SMILES string of the molecule is CCC(C)N(Cc1ccc(F)cc1)Cc1nc(C(=O)NCc2ccccc2)co1. The van der Waals surface area contributed by atoms with Crippen LogP contribution in [0, 0.1) is 5.82 Å². The van der Waals surface area contributed by atoms with Gasteiger partial charge in [0.05, 0.1) is 6.54 Å². The third kappa shape index (κ3) is 5.99. The van der Waals surface area contributed by atoms with Gasteiger partial charge in [-0.1, -0.05) is 49.4 Å². The maximum Gasteiger partial charge on any atom is 0.273 e. The molecule has 0 aliphatic rings. The fourth-order valence-electron chi connectivity index (χ4n) is 2.98. The van der Waals surface area contributed by atoms with Crippen molar-refractivity contribution in [2.45, 2.75) is 45.9 Å². The maximum absolute atomic E-state index is 13.2. The molecular formula is C23H26FN3O2. The van der Waals surface area contributed by atoms with E-state index in [0.29, 0.717) is 25.5 Å². The van der Waals surface area contributed by atoms with Gasteiger partial charge in [-0.15, -0.1) is 0 Å². The van der Waals surface area contributed by atoms with E-state index in [0.717, 1.165) is 17.5 Å². The van der Waals surface area contributed by atoms with Crippen molar-refractivity contribution in [3.63, 3.8) is 0 Å². The van der Waals surface area contributed by atoms with Gasteiger partial charge in [-0.3, -0.25) is 9.69 Å². The highest BCUT2D eigenvalue weighted by Crippen LogP contribution is 2.16. The van der Waals surface area contributed by atoms with E-state index in [1.807, 2.05) is 30.3 Å². The summed E-state index contributed by atoms with van der Waals surface area (Å²) in [5.74, 6) is -0.0301. The monoisotopic (exact) mass is 395 g/mol. The average molecular weight is 395 g/mol. The molecule has 2 aromatic carbocycles. The number of hydrogen-bond acceptors (Lipinski definition) is 4. The number of nitrogens with one attached hydrogen (secondary N) is 1. The number of halogens is 1. The smallest absolute Gasteiger partial charge is 0.273 e. The lowest BCUT2D eigenvalue weighted by Gasteiger charge is -2.27. The summed E-state index contributed by atoms with van der Waals surface area (Å²) in [6, 6.07) is 16.5. The normalized spacial score (nSPS) is 12.1. The van der Waals surface area contributed by atoms with Gasteiger partial charge in [0.1, 0.15) is 12.1 Å². The summed E-state index contributed by atoms with van der Waals surface area (Å²) >= 11 is 0. The van der Waals surface area contributed by atoms with E-state index in [4.69, 9.17) is 4.42 Å². The van der Waals surface area contributed by atoms with Crippen LogP contribution in [0.15, 0.2) is 65.3 Å². The number of nitrogens with zero attached hydrogens (tertiary/aromatic N) is 2. The van der Waals surface area contributed by atoms with E-state index in [-0.39, 0.29) is 23.5 Å². The largest absolute Gasteiger partial charge is 0.447 e. The molecule has 0 bridgehead atoms. The highest BCUT2D eigenvalue weighted by atomic mass is 19.1. The summed E-state index contributed by atoms with van der Waals surface area (Å²) in [5, 5.41) is 2.85. The molecule has 3 rings (SSSR count). The third-order valence-corrected chi connectivity index (χ3v) is 4.93. The summed E-state index contributed by atoms with van der Waals surface area (Å²) in [6.07, 6.45) is 2.34. The Morgan fingerprint density at radius 3 is 2.52 bits per heavy atom. The lowest BCUT2D eigenvalue weighted by Crippen LogP contribution is -2.31. The molecule has 6 heteroatoms. The number of oxazole rings is 1. The Labute approximate surface area is 170 Å². The quantitative estimate of drug-likeness (QED) is 0.578. The molecule has 0 spiro atoms. The molecule has 29 heavy (non-hydrogen) atoms. The van der Waals surface area contributed by atoms with E-state index in [2.05, 4.69) is 29.0 Å². The van der Waals surface area contributed by atoms with Gasteiger partial charge in [0.2, 0.25) is 5.89 Å². The predicted octanol–water partition coefficient (Wildman–Crippen LogP) is 4.54. The summed E-state index contributed by atoms with van der Waals surface area (Å²) in [7, 11) is 0. The zero-order chi connectivity index (χ0) is 20.6. The maximum atomic E-state index is 13.2. The van der Waals surface area contributed by atoms with Gasteiger partial charge in [-0.2, -0.15) is 0 Å². The first-order valence-electron chi connectivity index (χ1n) is 9.80. The van der Waals surface area contributed by atoms with Crippen LogP contribution < -0.4 is 5.32 Å². The Balaban J connectivity index is 1.62. The van der Waals surface area contributed by atoms with E-state index >= 15 is 0 Å². The Kier molecular flexibility index (Phi) is 7.14. The van der Waals surface area contributed by atoms with Gasteiger partial charge < -0.3 is 9.73 Å². The summed E-state index contributed by atoms with van der Waals surface area (Å²) in [5.41, 5.74) is 2.30. The number of carbonyl (C=O) groups excluding carboxylic acids is 1. The second-order valence-electron chi connectivity index (χ2n) is 7.08. The van der Waals surface area contributed by atoms with Crippen LogP contribution in [0.4, 0.5) is 4.39 Å². The van der Waals surface area contributed by atoms with Crippen molar-refractivity contribution >= 4 is 5.91 Å². The molecule has 5 nitrogen and oxygen atoms in total. The minimum Gasteiger partial charge on any atom is -0.447 e. The fraction of sp³-hybridized carbons (Fsp3) is 0.304. The lowest BCUT2D eigenvalue weighted by molar-refractivity contribution is 0.0945. The Morgan fingerprint density at radius 1 is 1.10 bits per heavy atom. The van der Waals surface area contributed by atoms with Crippen molar-refractivity contribution < 1.29 is 13.6 Å². The molecule has 0 saturated carbocycles. The number of carbonyl (C=O) groups is 1. The van der Waals surface area contributed by atoms with Crippen molar-refractivity contribution in [3.8, 4) is 0 Å². The molecule has 1 heterocycles. The molecule has 0 aliphatic carbocycles.